The third kappa shape index (κ3) is 2.39. The Morgan fingerprint density at radius 1 is 1.41 bits per heavy atom. The number of nitrogens with zero attached hydrogens (tertiary/aromatic N) is 4. The van der Waals surface area contributed by atoms with E-state index in [9.17, 15) is 0 Å². The van der Waals surface area contributed by atoms with Crippen molar-refractivity contribution in [1.29, 1.82) is 0 Å². The second-order valence-electron chi connectivity index (χ2n) is 4.34. The summed E-state index contributed by atoms with van der Waals surface area (Å²) in [6.45, 7) is 2.09. The molecule has 2 rings (SSSR count). The first-order valence-corrected chi connectivity index (χ1v) is 5.76. The first-order chi connectivity index (χ1) is 8.11. The molecule has 0 aliphatic heterocycles. The van der Waals surface area contributed by atoms with Crippen molar-refractivity contribution in [3.63, 3.8) is 0 Å². The van der Waals surface area contributed by atoms with Crippen molar-refractivity contribution < 1.29 is 0 Å². The van der Waals surface area contributed by atoms with E-state index < -0.39 is 0 Å². The van der Waals surface area contributed by atoms with Gasteiger partial charge in [-0.1, -0.05) is 0 Å². The number of aryl methyl sites for hydroxylation is 2. The Kier molecular flexibility index (Phi) is 3.28. The van der Waals surface area contributed by atoms with E-state index in [1.54, 1.807) is 0 Å². The van der Waals surface area contributed by atoms with E-state index in [-0.39, 0.29) is 6.04 Å². The minimum atomic E-state index is 0.263. The normalized spacial score (nSPS) is 12.9. The van der Waals surface area contributed by atoms with Crippen LogP contribution in [0.4, 0.5) is 0 Å². The van der Waals surface area contributed by atoms with Crippen LogP contribution >= 0.6 is 0 Å². The number of hydrogen-bond acceptors (Lipinski definition) is 3. The van der Waals surface area contributed by atoms with Crippen molar-refractivity contribution in [3.8, 4) is 0 Å². The smallest absolute Gasteiger partial charge is 0.0643 e. The first-order valence-electron chi connectivity index (χ1n) is 5.76. The van der Waals surface area contributed by atoms with Gasteiger partial charge >= 0.3 is 0 Å². The summed E-state index contributed by atoms with van der Waals surface area (Å²) in [5.74, 6) is 0. The van der Waals surface area contributed by atoms with Crippen molar-refractivity contribution in [2.75, 3.05) is 7.05 Å². The molecular formula is C12H19N5. The van der Waals surface area contributed by atoms with Crippen molar-refractivity contribution in [2.24, 2.45) is 14.1 Å². The third-order valence-corrected chi connectivity index (χ3v) is 3.18. The largest absolute Gasteiger partial charge is 0.313 e. The Morgan fingerprint density at radius 2 is 2.18 bits per heavy atom. The molecule has 2 heterocycles. The Labute approximate surface area is 101 Å². The van der Waals surface area contributed by atoms with Crippen molar-refractivity contribution in [2.45, 2.75) is 19.4 Å². The van der Waals surface area contributed by atoms with Crippen LogP contribution in [0, 0.1) is 6.92 Å². The summed E-state index contributed by atoms with van der Waals surface area (Å²) >= 11 is 0. The number of likely N-dealkylation sites (N-methyl/N-ethyl adjacent to an activating group) is 1. The predicted molar refractivity (Wildman–Crippen MR) is 66.7 cm³/mol. The van der Waals surface area contributed by atoms with Gasteiger partial charge in [-0.2, -0.15) is 10.2 Å². The summed E-state index contributed by atoms with van der Waals surface area (Å²) in [5, 5.41) is 12.0. The highest BCUT2D eigenvalue weighted by Crippen LogP contribution is 2.19. The van der Waals surface area contributed by atoms with Crippen LogP contribution in [0.3, 0.4) is 0 Å². The SMILES string of the molecule is CNC(Cc1ccn(C)n1)c1cnn(C)c1C. The summed E-state index contributed by atoms with van der Waals surface area (Å²) in [4.78, 5) is 0. The summed E-state index contributed by atoms with van der Waals surface area (Å²) < 4.78 is 3.73. The Balaban J connectivity index is 2.19. The zero-order chi connectivity index (χ0) is 12.4. The molecule has 0 spiro atoms. The molecule has 0 radical (unpaired) electrons. The molecule has 5 heteroatoms. The van der Waals surface area contributed by atoms with Crippen molar-refractivity contribution in [3.05, 3.63) is 35.4 Å². The maximum absolute atomic E-state index is 4.41. The van der Waals surface area contributed by atoms with Gasteiger partial charge in [0.25, 0.3) is 0 Å². The molecule has 0 saturated heterocycles. The molecule has 17 heavy (non-hydrogen) atoms. The number of aromatic nitrogens is 4. The lowest BCUT2D eigenvalue weighted by atomic mass is 10.0. The van der Waals surface area contributed by atoms with Gasteiger partial charge in [0.15, 0.2) is 0 Å². The fraction of sp³-hybridized carbons (Fsp3) is 0.500. The zero-order valence-electron chi connectivity index (χ0n) is 10.8. The third-order valence-electron chi connectivity index (χ3n) is 3.18. The van der Waals surface area contributed by atoms with Crippen molar-refractivity contribution in [1.82, 2.24) is 24.9 Å². The molecule has 2 aromatic heterocycles. The maximum atomic E-state index is 4.41. The molecule has 0 saturated carbocycles. The van der Waals surface area contributed by atoms with Gasteiger partial charge in [0.1, 0.15) is 0 Å². The van der Waals surface area contributed by atoms with E-state index >= 15 is 0 Å². The number of rotatable bonds is 4. The molecule has 0 aliphatic carbocycles. The lowest BCUT2D eigenvalue weighted by molar-refractivity contribution is 0.572. The molecule has 2 aromatic rings. The van der Waals surface area contributed by atoms with Crippen LogP contribution in [0.1, 0.15) is 23.0 Å². The summed E-state index contributed by atoms with van der Waals surface area (Å²) in [6, 6.07) is 2.31. The van der Waals surface area contributed by atoms with Gasteiger partial charge in [0.2, 0.25) is 0 Å². The predicted octanol–water partition coefficient (Wildman–Crippen LogP) is 0.965. The summed E-state index contributed by atoms with van der Waals surface area (Å²) in [5.41, 5.74) is 3.52. The Morgan fingerprint density at radius 3 is 2.65 bits per heavy atom. The van der Waals surface area contributed by atoms with E-state index in [2.05, 4.69) is 28.5 Å². The lowest BCUT2D eigenvalue weighted by Crippen LogP contribution is -2.19. The van der Waals surface area contributed by atoms with Gasteiger partial charge < -0.3 is 5.32 Å². The molecule has 0 bridgehead atoms. The van der Waals surface area contributed by atoms with Crippen LogP contribution in [0.2, 0.25) is 0 Å². The first kappa shape index (κ1) is 11.9. The molecule has 0 aliphatic rings. The average Bonchev–Trinajstić information content (AvgIpc) is 2.85. The molecule has 0 aromatic carbocycles. The standard InChI is InChI=1S/C12H19N5/c1-9-11(8-14-17(9)4)12(13-2)7-10-5-6-16(3)15-10/h5-6,8,12-13H,7H2,1-4H3. The van der Waals surface area contributed by atoms with E-state index in [1.807, 2.05) is 42.9 Å². The fourth-order valence-electron chi connectivity index (χ4n) is 2.01. The average molecular weight is 233 g/mol. The highest BCUT2D eigenvalue weighted by Gasteiger charge is 2.16. The van der Waals surface area contributed by atoms with E-state index in [4.69, 9.17) is 0 Å². The molecule has 1 atom stereocenters. The zero-order valence-corrected chi connectivity index (χ0v) is 10.8. The molecule has 0 amide bonds. The van der Waals surface area contributed by atoms with E-state index in [0.717, 1.165) is 12.1 Å². The fourth-order valence-corrected chi connectivity index (χ4v) is 2.01. The summed E-state index contributed by atoms with van der Waals surface area (Å²) in [7, 11) is 5.87. The minimum Gasteiger partial charge on any atom is -0.313 e. The second-order valence-corrected chi connectivity index (χ2v) is 4.34. The summed E-state index contributed by atoms with van der Waals surface area (Å²) in [6.07, 6.45) is 4.78. The monoisotopic (exact) mass is 233 g/mol. The van der Waals surface area contributed by atoms with Crippen LogP contribution in [0.5, 0.6) is 0 Å². The molecule has 0 fully saturated rings. The second kappa shape index (κ2) is 4.71. The minimum absolute atomic E-state index is 0.263. The van der Waals surface area contributed by atoms with Gasteiger partial charge in [-0.05, 0) is 20.0 Å². The van der Waals surface area contributed by atoms with Gasteiger partial charge in [-0.15, -0.1) is 0 Å². The van der Waals surface area contributed by atoms with Gasteiger partial charge in [-0.25, -0.2) is 0 Å². The molecule has 1 unspecified atom stereocenters. The van der Waals surface area contributed by atoms with Crippen LogP contribution in [-0.2, 0) is 20.5 Å². The van der Waals surface area contributed by atoms with Crippen LogP contribution in [0.25, 0.3) is 0 Å². The molecule has 92 valence electrons. The number of hydrogen-bond donors (Lipinski definition) is 1. The topological polar surface area (TPSA) is 47.7 Å². The number of nitrogens with one attached hydrogen (secondary N) is 1. The van der Waals surface area contributed by atoms with Crippen LogP contribution < -0.4 is 5.32 Å². The van der Waals surface area contributed by atoms with Gasteiger partial charge in [-0.3, -0.25) is 9.36 Å². The Hall–Kier alpha value is -1.62. The van der Waals surface area contributed by atoms with Gasteiger partial charge in [0.05, 0.1) is 11.9 Å². The Bertz CT molecular complexity index is 497. The van der Waals surface area contributed by atoms with Gasteiger partial charge in [0, 0.05) is 44.0 Å². The van der Waals surface area contributed by atoms with Crippen LogP contribution in [0.15, 0.2) is 18.5 Å². The van der Waals surface area contributed by atoms with Crippen molar-refractivity contribution >= 4 is 0 Å². The highest BCUT2D eigenvalue weighted by atomic mass is 15.3. The van der Waals surface area contributed by atoms with E-state index in [1.165, 1.54) is 11.3 Å². The van der Waals surface area contributed by atoms with Crippen LogP contribution in [-0.4, -0.2) is 26.6 Å². The quantitative estimate of drug-likeness (QED) is 0.856. The highest BCUT2D eigenvalue weighted by molar-refractivity contribution is 5.22. The molecule has 5 nitrogen and oxygen atoms in total. The van der Waals surface area contributed by atoms with E-state index in [0.29, 0.717) is 0 Å². The molecule has 1 N–H and O–H groups in total. The lowest BCUT2D eigenvalue weighted by Gasteiger charge is -2.14. The molecular weight excluding hydrogens is 214 g/mol. The maximum Gasteiger partial charge on any atom is 0.0643 e.